The molecule has 0 heterocycles. The van der Waals surface area contributed by atoms with Crippen molar-refractivity contribution in [1.82, 2.24) is 5.32 Å². The van der Waals surface area contributed by atoms with Gasteiger partial charge in [0, 0.05) is 21.6 Å². The number of nitrogens with two attached hydrogens (primary N) is 1. The second kappa shape index (κ2) is 4.73. The minimum Gasteiger partial charge on any atom is -0.349 e. The SMILES string of the molecule is NC1CC(NC(=O)c2cc(Cl)ccc2Br)C1. The van der Waals surface area contributed by atoms with Crippen LogP contribution in [0.4, 0.5) is 0 Å². The average molecular weight is 304 g/mol. The number of hydrogen-bond acceptors (Lipinski definition) is 2. The highest BCUT2D eigenvalue weighted by Crippen LogP contribution is 2.23. The Labute approximate surface area is 107 Å². The van der Waals surface area contributed by atoms with Crippen molar-refractivity contribution in [2.24, 2.45) is 5.73 Å². The van der Waals surface area contributed by atoms with Gasteiger partial charge in [-0.15, -0.1) is 0 Å². The number of carbonyl (C=O) groups is 1. The van der Waals surface area contributed by atoms with Gasteiger partial charge in [-0.2, -0.15) is 0 Å². The van der Waals surface area contributed by atoms with E-state index in [9.17, 15) is 4.79 Å². The van der Waals surface area contributed by atoms with Crippen LogP contribution in [0.5, 0.6) is 0 Å². The Morgan fingerprint density at radius 3 is 2.81 bits per heavy atom. The third-order valence-electron chi connectivity index (χ3n) is 2.68. The summed E-state index contributed by atoms with van der Waals surface area (Å²) >= 11 is 9.18. The lowest BCUT2D eigenvalue weighted by molar-refractivity contribution is 0.0909. The maximum absolute atomic E-state index is 11.9. The highest BCUT2D eigenvalue weighted by Gasteiger charge is 2.27. The van der Waals surface area contributed by atoms with Crippen molar-refractivity contribution in [2.75, 3.05) is 0 Å². The minimum atomic E-state index is -0.105. The molecule has 2 rings (SSSR count). The summed E-state index contributed by atoms with van der Waals surface area (Å²) in [5.74, 6) is -0.105. The number of rotatable bonds is 2. The zero-order chi connectivity index (χ0) is 11.7. The molecule has 1 fully saturated rings. The molecule has 0 atom stereocenters. The monoisotopic (exact) mass is 302 g/mol. The molecule has 0 saturated heterocycles. The van der Waals surface area contributed by atoms with Gasteiger partial charge >= 0.3 is 0 Å². The van der Waals surface area contributed by atoms with Crippen LogP contribution in [0, 0.1) is 0 Å². The predicted octanol–water partition coefficient (Wildman–Crippen LogP) is 2.32. The summed E-state index contributed by atoms with van der Waals surface area (Å²) < 4.78 is 0.748. The number of nitrogens with one attached hydrogen (secondary N) is 1. The van der Waals surface area contributed by atoms with Gasteiger partial charge in [0.15, 0.2) is 0 Å². The van der Waals surface area contributed by atoms with Crippen molar-refractivity contribution in [2.45, 2.75) is 24.9 Å². The Morgan fingerprint density at radius 2 is 2.19 bits per heavy atom. The molecule has 0 spiro atoms. The van der Waals surface area contributed by atoms with Crippen LogP contribution in [0.3, 0.4) is 0 Å². The lowest BCUT2D eigenvalue weighted by Gasteiger charge is -2.33. The fourth-order valence-electron chi connectivity index (χ4n) is 1.71. The Balaban J connectivity index is 2.05. The first-order chi connectivity index (χ1) is 7.56. The Morgan fingerprint density at radius 1 is 1.50 bits per heavy atom. The van der Waals surface area contributed by atoms with Crippen LogP contribution in [-0.2, 0) is 0 Å². The third kappa shape index (κ3) is 2.56. The van der Waals surface area contributed by atoms with Gasteiger partial charge in [0.25, 0.3) is 5.91 Å². The number of carbonyl (C=O) groups excluding carboxylic acids is 1. The van der Waals surface area contributed by atoms with E-state index in [4.69, 9.17) is 17.3 Å². The number of amides is 1. The molecule has 86 valence electrons. The Bertz CT molecular complexity index is 418. The summed E-state index contributed by atoms with van der Waals surface area (Å²) in [5, 5.41) is 3.48. The summed E-state index contributed by atoms with van der Waals surface area (Å²) in [6, 6.07) is 5.59. The second-order valence-corrected chi connectivity index (χ2v) is 5.32. The van der Waals surface area contributed by atoms with E-state index in [1.165, 1.54) is 0 Å². The molecular formula is C11H12BrClN2O. The molecule has 0 radical (unpaired) electrons. The van der Waals surface area contributed by atoms with Crippen molar-refractivity contribution >= 4 is 33.4 Å². The lowest BCUT2D eigenvalue weighted by Crippen LogP contribution is -2.50. The second-order valence-electron chi connectivity index (χ2n) is 4.03. The molecule has 0 aliphatic heterocycles. The zero-order valence-corrected chi connectivity index (χ0v) is 10.9. The molecule has 0 aromatic heterocycles. The number of halogens is 2. The Hall–Kier alpha value is -0.580. The van der Waals surface area contributed by atoms with Gasteiger partial charge in [-0.3, -0.25) is 4.79 Å². The largest absolute Gasteiger partial charge is 0.349 e. The lowest BCUT2D eigenvalue weighted by atomic mass is 9.87. The van der Waals surface area contributed by atoms with E-state index >= 15 is 0 Å². The predicted molar refractivity (Wildman–Crippen MR) is 67.6 cm³/mol. The fourth-order valence-corrected chi connectivity index (χ4v) is 2.31. The highest BCUT2D eigenvalue weighted by atomic mass is 79.9. The normalized spacial score (nSPS) is 23.7. The van der Waals surface area contributed by atoms with Gasteiger partial charge in [0.1, 0.15) is 0 Å². The van der Waals surface area contributed by atoms with Gasteiger partial charge in [-0.25, -0.2) is 0 Å². The van der Waals surface area contributed by atoms with Crippen LogP contribution in [0.25, 0.3) is 0 Å². The Kier molecular flexibility index (Phi) is 3.52. The van der Waals surface area contributed by atoms with E-state index in [0.717, 1.165) is 17.3 Å². The van der Waals surface area contributed by atoms with E-state index in [0.29, 0.717) is 10.6 Å². The quantitative estimate of drug-likeness (QED) is 0.881. The van der Waals surface area contributed by atoms with E-state index in [1.54, 1.807) is 18.2 Å². The van der Waals surface area contributed by atoms with Crippen molar-refractivity contribution in [3.63, 3.8) is 0 Å². The zero-order valence-electron chi connectivity index (χ0n) is 8.54. The summed E-state index contributed by atoms with van der Waals surface area (Å²) in [6.45, 7) is 0. The van der Waals surface area contributed by atoms with Crippen LogP contribution < -0.4 is 11.1 Å². The third-order valence-corrected chi connectivity index (χ3v) is 3.61. The van der Waals surface area contributed by atoms with Crippen LogP contribution in [0.2, 0.25) is 5.02 Å². The van der Waals surface area contributed by atoms with Crippen LogP contribution in [0.15, 0.2) is 22.7 Å². The van der Waals surface area contributed by atoms with Crippen molar-refractivity contribution < 1.29 is 4.79 Å². The topological polar surface area (TPSA) is 55.1 Å². The first-order valence-electron chi connectivity index (χ1n) is 5.08. The van der Waals surface area contributed by atoms with Crippen molar-refractivity contribution in [1.29, 1.82) is 0 Å². The first kappa shape index (κ1) is 11.9. The van der Waals surface area contributed by atoms with Gasteiger partial charge in [0.05, 0.1) is 5.56 Å². The van der Waals surface area contributed by atoms with Crippen LogP contribution >= 0.6 is 27.5 Å². The molecule has 0 bridgehead atoms. The molecule has 0 unspecified atom stereocenters. The molecule has 1 saturated carbocycles. The van der Waals surface area contributed by atoms with Crippen LogP contribution in [0.1, 0.15) is 23.2 Å². The van der Waals surface area contributed by atoms with Gasteiger partial charge in [-0.05, 0) is 47.0 Å². The van der Waals surface area contributed by atoms with E-state index < -0.39 is 0 Å². The van der Waals surface area contributed by atoms with Crippen molar-refractivity contribution in [3.05, 3.63) is 33.3 Å². The fraction of sp³-hybridized carbons (Fsp3) is 0.364. The summed E-state index contributed by atoms with van der Waals surface area (Å²) in [4.78, 5) is 11.9. The molecule has 1 amide bonds. The highest BCUT2D eigenvalue weighted by molar-refractivity contribution is 9.10. The molecule has 16 heavy (non-hydrogen) atoms. The molecule has 1 aliphatic rings. The molecule has 1 aliphatic carbocycles. The van der Waals surface area contributed by atoms with Gasteiger partial charge < -0.3 is 11.1 Å². The van der Waals surface area contributed by atoms with E-state index in [2.05, 4.69) is 21.2 Å². The first-order valence-corrected chi connectivity index (χ1v) is 6.25. The summed E-state index contributed by atoms with van der Waals surface area (Å²) in [7, 11) is 0. The molecular weight excluding hydrogens is 291 g/mol. The van der Waals surface area contributed by atoms with Crippen LogP contribution in [-0.4, -0.2) is 18.0 Å². The van der Waals surface area contributed by atoms with E-state index in [-0.39, 0.29) is 18.0 Å². The smallest absolute Gasteiger partial charge is 0.252 e. The molecule has 3 nitrogen and oxygen atoms in total. The van der Waals surface area contributed by atoms with Crippen molar-refractivity contribution in [3.8, 4) is 0 Å². The molecule has 5 heteroatoms. The van der Waals surface area contributed by atoms with E-state index in [1.807, 2.05) is 0 Å². The standard InChI is InChI=1S/C11H12BrClN2O/c12-10-2-1-6(13)3-9(10)11(16)15-8-4-7(14)5-8/h1-3,7-8H,4-5,14H2,(H,15,16). The van der Waals surface area contributed by atoms with Gasteiger partial charge in [-0.1, -0.05) is 11.6 Å². The number of hydrogen-bond donors (Lipinski definition) is 2. The molecule has 1 aromatic rings. The minimum absolute atomic E-state index is 0.105. The molecule has 3 N–H and O–H groups in total. The maximum atomic E-state index is 11.9. The van der Waals surface area contributed by atoms with Gasteiger partial charge in [0.2, 0.25) is 0 Å². The maximum Gasteiger partial charge on any atom is 0.252 e. The molecule has 1 aromatic carbocycles. The summed E-state index contributed by atoms with van der Waals surface area (Å²) in [5.41, 5.74) is 6.22. The number of benzene rings is 1. The summed E-state index contributed by atoms with van der Waals surface area (Å²) in [6.07, 6.45) is 1.70. The average Bonchev–Trinajstić information content (AvgIpc) is 2.19.